The summed E-state index contributed by atoms with van der Waals surface area (Å²) in [7, 11) is -3.63. The fraction of sp³-hybridized carbons (Fsp3) is 0.231. The Balaban J connectivity index is 1.84. The molecule has 0 fully saturated rings. The zero-order chi connectivity index (χ0) is 15.3. The van der Waals surface area contributed by atoms with Crippen molar-refractivity contribution in [3.05, 3.63) is 47.1 Å². The first-order valence-electron chi connectivity index (χ1n) is 6.20. The van der Waals surface area contributed by atoms with Crippen molar-refractivity contribution in [3.63, 3.8) is 0 Å². The molecule has 0 unspecified atom stereocenters. The van der Waals surface area contributed by atoms with Gasteiger partial charge in [0.1, 0.15) is 4.21 Å². The van der Waals surface area contributed by atoms with Crippen LogP contribution < -0.4 is 10.0 Å². The van der Waals surface area contributed by atoms with Crippen molar-refractivity contribution in [1.29, 1.82) is 0 Å². The van der Waals surface area contributed by atoms with Gasteiger partial charge in [-0.15, -0.1) is 11.3 Å². The maximum atomic E-state index is 11.9. The molecule has 21 heavy (non-hydrogen) atoms. The van der Waals surface area contributed by atoms with E-state index < -0.39 is 15.9 Å². The van der Waals surface area contributed by atoms with Crippen LogP contribution in [-0.2, 0) is 21.4 Å². The van der Waals surface area contributed by atoms with Gasteiger partial charge in [-0.1, -0.05) is 6.07 Å². The molecular weight excluding hydrogens is 310 g/mol. The van der Waals surface area contributed by atoms with E-state index >= 15 is 0 Å². The van der Waals surface area contributed by atoms with Crippen molar-refractivity contribution < 1.29 is 13.2 Å². The van der Waals surface area contributed by atoms with Crippen molar-refractivity contribution in [2.45, 2.75) is 17.7 Å². The van der Waals surface area contributed by atoms with Gasteiger partial charge in [-0.2, -0.15) is 0 Å². The van der Waals surface area contributed by atoms with Crippen LogP contribution in [0, 0.1) is 6.92 Å². The average Bonchev–Trinajstić information content (AvgIpc) is 2.92. The van der Waals surface area contributed by atoms with E-state index in [9.17, 15) is 13.2 Å². The van der Waals surface area contributed by atoms with E-state index in [4.69, 9.17) is 0 Å². The van der Waals surface area contributed by atoms with Gasteiger partial charge in [-0.05, 0) is 31.2 Å². The number of hydrogen-bond acceptors (Lipinski definition) is 5. The fourth-order valence-electron chi connectivity index (χ4n) is 1.54. The Kier molecular flexibility index (Phi) is 5.05. The molecule has 0 aliphatic heterocycles. The number of carbonyl (C=O) groups is 1. The molecule has 112 valence electrons. The van der Waals surface area contributed by atoms with Crippen LogP contribution in [0.15, 0.2) is 40.7 Å². The normalized spacial score (nSPS) is 11.3. The maximum Gasteiger partial charge on any atom is 0.250 e. The third-order valence-electron chi connectivity index (χ3n) is 2.60. The summed E-state index contributed by atoms with van der Waals surface area (Å²) in [6.45, 7) is 1.79. The van der Waals surface area contributed by atoms with Gasteiger partial charge in [0.05, 0.1) is 18.8 Å². The number of carbonyl (C=O) groups excluding carboxylic acids is 1. The lowest BCUT2D eigenvalue weighted by molar-refractivity contribution is -0.120. The largest absolute Gasteiger partial charge is 0.349 e. The number of nitrogens with zero attached hydrogens (tertiary/aromatic N) is 1. The molecule has 0 aliphatic rings. The number of sulfonamides is 1. The standard InChI is InChI=1S/C13H15N3O3S2/c1-10-5-6-13(20-10)21(18,19)16-9-12(17)15-8-11-4-2-3-7-14-11/h2-7,16H,8-9H2,1H3,(H,15,17). The maximum absolute atomic E-state index is 11.9. The van der Waals surface area contributed by atoms with E-state index in [1.807, 2.05) is 13.0 Å². The smallest absolute Gasteiger partial charge is 0.250 e. The zero-order valence-electron chi connectivity index (χ0n) is 11.4. The lowest BCUT2D eigenvalue weighted by Gasteiger charge is -2.06. The van der Waals surface area contributed by atoms with E-state index in [1.165, 1.54) is 6.07 Å². The van der Waals surface area contributed by atoms with Crippen molar-refractivity contribution in [3.8, 4) is 0 Å². The Labute approximate surface area is 127 Å². The van der Waals surface area contributed by atoms with Gasteiger partial charge in [0.25, 0.3) is 10.0 Å². The lowest BCUT2D eigenvalue weighted by atomic mass is 10.3. The number of pyridine rings is 1. The van der Waals surface area contributed by atoms with Crippen LogP contribution in [0.2, 0.25) is 0 Å². The number of thiophene rings is 1. The molecule has 0 bridgehead atoms. The molecule has 2 N–H and O–H groups in total. The van der Waals surface area contributed by atoms with Crippen molar-refractivity contribution >= 4 is 27.3 Å². The first-order chi connectivity index (χ1) is 9.97. The Morgan fingerprint density at radius 2 is 2.10 bits per heavy atom. The summed E-state index contributed by atoms with van der Waals surface area (Å²) < 4.78 is 26.3. The summed E-state index contributed by atoms with van der Waals surface area (Å²) in [5, 5.41) is 2.60. The van der Waals surface area contributed by atoms with Gasteiger partial charge in [0.15, 0.2) is 0 Å². The summed E-state index contributed by atoms with van der Waals surface area (Å²) >= 11 is 1.16. The van der Waals surface area contributed by atoms with Crippen LogP contribution >= 0.6 is 11.3 Å². The highest BCUT2D eigenvalue weighted by Gasteiger charge is 2.17. The molecule has 0 spiro atoms. The van der Waals surface area contributed by atoms with E-state index in [2.05, 4.69) is 15.0 Å². The monoisotopic (exact) mass is 325 g/mol. The second-order valence-corrected chi connectivity index (χ2v) is 7.57. The number of aryl methyl sites for hydroxylation is 1. The molecule has 0 aromatic carbocycles. The van der Waals surface area contributed by atoms with Crippen LogP contribution in [0.1, 0.15) is 10.6 Å². The molecule has 0 radical (unpaired) electrons. The molecule has 2 rings (SSSR count). The van der Waals surface area contributed by atoms with Crippen LogP contribution in [0.25, 0.3) is 0 Å². The third kappa shape index (κ3) is 4.62. The summed E-state index contributed by atoms with van der Waals surface area (Å²) in [6.07, 6.45) is 1.63. The number of amides is 1. The Morgan fingerprint density at radius 3 is 2.71 bits per heavy atom. The topological polar surface area (TPSA) is 88.2 Å². The predicted octanol–water partition coefficient (Wildman–Crippen LogP) is 1.05. The molecule has 1 amide bonds. The minimum absolute atomic E-state index is 0.206. The average molecular weight is 325 g/mol. The number of nitrogens with one attached hydrogen (secondary N) is 2. The van der Waals surface area contributed by atoms with Gasteiger partial charge < -0.3 is 5.32 Å². The van der Waals surface area contributed by atoms with Crippen LogP contribution in [0.4, 0.5) is 0 Å². The zero-order valence-corrected chi connectivity index (χ0v) is 13.0. The summed E-state index contributed by atoms with van der Waals surface area (Å²) in [5.74, 6) is -0.405. The van der Waals surface area contributed by atoms with E-state index in [0.717, 1.165) is 16.2 Å². The molecule has 0 saturated heterocycles. The molecule has 2 aromatic heterocycles. The van der Waals surface area contributed by atoms with E-state index in [0.29, 0.717) is 5.69 Å². The van der Waals surface area contributed by atoms with Crippen LogP contribution in [0.3, 0.4) is 0 Å². The highest BCUT2D eigenvalue weighted by atomic mass is 32.2. The lowest BCUT2D eigenvalue weighted by Crippen LogP contribution is -2.36. The first-order valence-corrected chi connectivity index (χ1v) is 8.50. The Hall–Kier alpha value is -1.77. The van der Waals surface area contributed by atoms with E-state index in [1.54, 1.807) is 24.4 Å². The van der Waals surface area contributed by atoms with Crippen molar-refractivity contribution in [2.75, 3.05) is 6.54 Å². The van der Waals surface area contributed by atoms with Gasteiger partial charge in [-0.25, -0.2) is 13.1 Å². The van der Waals surface area contributed by atoms with Crippen molar-refractivity contribution in [2.24, 2.45) is 0 Å². The molecule has 8 heteroatoms. The summed E-state index contributed by atoms with van der Waals surface area (Å²) in [6, 6.07) is 8.62. The van der Waals surface area contributed by atoms with Gasteiger partial charge in [0.2, 0.25) is 5.91 Å². The summed E-state index contributed by atoms with van der Waals surface area (Å²) in [4.78, 5) is 16.6. The van der Waals surface area contributed by atoms with Crippen LogP contribution in [0.5, 0.6) is 0 Å². The number of hydrogen-bond donors (Lipinski definition) is 2. The summed E-state index contributed by atoms with van der Waals surface area (Å²) in [5.41, 5.74) is 0.711. The fourth-order valence-corrected chi connectivity index (χ4v) is 3.85. The minimum Gasteiger partial charge on any atom is -0.349 e. The quantitative estimate of drug-likeness (QED) is 0.831. The Morgan fingerprint density at radius 1 is 1.29 bits per heavy atom. The Bertz CT molecular complexity index is 711. The molecule has 6 nitrogen and oxygen atoms in total. The van der Waals surface area contributed by atoms with Crippen molar-refractivity contribution in [1.82, 2.24) is 15.0 Å². The molecule has 0 saturated carbocycles. The van der Waals surface area contributed by atoms with Gasteiger partial charge >= 0.3 is 0 Å². The molecule has 2 heterocycles. The molecule has 2 aromatic rings. The molecular formula is C13H15N3O3S2. The number of aromatic nitrogens is 1. The SMILES string of the molecule is Cc1ccc(S(=O)(=O)NCC(=O)NCc2ccccn2)s1. The molecule has 0 aliphatic carbocycles. The minimum atomic E-state index is -3.63. The second-order valence-electron chi connectivity index (χ2n) is 4.29. The first kappa shape index (κ1) is 15.6. The predicted molar refractivity (Wildman–Crippen MR) is 80.3 cm³/mol. The highest BCUT2D eigenvalue weighted by molar-refractivity contribution is 7.91. The van der Waals surface area contributed by atoms with Crippen LogP contribution in [-0.4, -0.2) is 25.9 Å². The second kappa shape index (κ2) is 6.79. The third-order valence-corrected chi connectivity index (χ3v) is 5.49. The van der Waals surface area contributed by atoms with E-state index in [-0.39, 0.29) is 17.3 Å². The number of rotatable bonds is 6. The van der Waals surface area contributed by atoms with Gasteiger partial charge in [0, 0.05) is 11.1 Å². The van der Waals surface area contributed by atoms with Gasteiger partial charge in [-0.3, -0.25) is 9.78 Å². The highest BCUT2D eigenvalue weighted by Crippen LogP contribution is 2.19. The molecule has 0 atom stereocenters.